The summed E-state index contributed by atoms with van der Waals surface area (Å²) in [5.41, 5.74) is 1.34. The van der Waals surface area contributed by atoms with Crippen molar-refractivity contribution in [1.82, 2.24) is 10.6 Å². The van der Waals surface area contributed by atoms with Crippen LogP contribution in [0.15, 0.2) is 17.8 Å². The maximum atomic E-state index is 13.5. The van der Waals surface area contributed by atoms with E-state index in [0.29, 0.717) is 16.9 Å². The summed E-state index contributed by atoms with van der Waals surface area (Å²) in [7, 11) is 0. The van der Waals surface area contributed by atoms with Crippen molar-refractivity contribution in [3.63, 3.8) is 0 Å². The summed E-state index contributed by atoms with van der Waals surface area (Å²) in [6.45, 7) is 0.383. The van der Waals surface area contributed by atoms with Gasteiger partial charge in [-0.3, -0.25) is 10.1 Å². The molecule has 2 aliphatic rings. The summed E-state index contributed by atoms with van der Waals surface area (Å²) in [6, 6.07) is 2.65. The molecule has 1 fully saturated rings. The van der Waals surface area contributed by atoms with E-state index in [1.807, 2.05) is 0 Å². The van der Waals surface area contributed by atoms with Crippen LogP contribution in [-0.4, -0.2) is 17.8 Å². The van der Waals surface area contributed by atoms with Crippen molar-refractivity contribution in [3.05, 3.63) is 34.8 Å². The molecule has 98 valence electrons. The Bertz CT molecular complexity index is 615. The van der Waals surface area contributed by atoms with Crippen LogP contribution in [0, 0.1) is 5.82 Å². The molecule has 1 aromatic carbocycles. The second kappa shape index (κ2) is 4.60. The Balaban J connectivity index is 2.05. The monoisotopic (exact) mass is 280 g/mol. The van der Waals surface area contributed by atoms with Gasteiger partial charge in [0.05, 0.1) is 6.61 Å². The molecule has 2 aliphatic heterocycles. The number of amides is 1. The van der Waals surface area contributed by atoms with Crippen molar-refractivity contribution in [1.29, 1.82) is 0 Å². The highest BCUT2D eigenvalue weighted by atomic mass is 32.1. The third-order valence-corrected chi connectivity index (χ3v) is 2.93. The van der Waals surface area contributed by atoms with Gasteiger partial charge in [0.2, 0.25) is 0 Å². The number of fused-ring (bicyclic) bond motifs is 1. The van der Waals surface area contributed by atoms with Crippen LogP contribution in [0.4, 0.5) is 4.39 Å². The Kier molecular flexibility index (Phi) is 2.92. The van der Waals surface area contributed by atoms with E-state index in [1.165, 1.54) is 18.2 Å². The van der Waals surface area contributed by atoms with Gasteiger partial charge in [0.25, 0.3) is 5.91 Å². The lowest BCUT2D eigenvalue weighted by atomic mass is 10.1. The summed E-state index contributed by atoms with van der Waals surface area (Å²) in [5.74, 6) is -0.247. The third kappa shape index (κ3) is 2.29. The molecule has 2 heterocycles. The van der Waals surface area contributed by atoms with E-state index in [2.05, 4.69) is 10.6 Å². The minimum atomic E-state index is -0.416. The van der Waals surface area contributed by atoms with Gasteiger partial charge in [-0.2, -0.15) is 0 Å². The molecule has 0 radical (unpaired) electrons. The average Bonchev–Trinajstić information content (AvgIpc) is 2.67. The van der Waals surface area contributed by atoms with Crippen molar-refractivity contribution in [2.45, 2.75) is 6.61 Å². The topological polar surface area (TPSA) is 59.6 Å². The number of nitrogens with one attached hydrogen (secondary N) is 2. The molecular weight excluding hydrogens is 271 g/mol. The molecule has 5 nitrogen and oxygen atoms in total. The van der Waals surface area contributed by atoms with Gasteiger partial charge < -0.3 is 14.8 Å². The Labute approximate surface area is 113 Å². The lowest BCUT2D eigenvalue weighted by Crippen LogP contribution is -2.21. The largest absolute Gasteiger partial charge is 0.467 e. The summed E-state index contributed by atoms with van der Waals surface area (Å²) >= 11 is 4.83. The first-order chi connectivity index (χ1) is 9.13. The Morgan fingerprint density at radius 1 is 1.37 bits per heavy atom. The van der Waals surface area contributed by atoms with Gasteiger partial charge in [0.1, 0.15) is 17.3 Å². The number of hydrogen-bond acceptors (Lipinski definition) is 4. The zero-order valence-corrected chi connectivity index (χ0v) is 10.5. The van der Waals surface area contributed by atoms with Crippen molar-refractivity contribution < 1.29 is 18.7 Å². The van der Waals surface area contributed by atoms with E-state index in [1.54, 1.807) is 0 Å². The van der Waals surface area contributed by atoms with E-state index in [4.69, 9.17) is 21.7 Å². The molecule has 7 heteroatoms. The van der Waals surface area contributed by atoms with Crippen molar-refractivity contribution >= 4 is 29.3 Å². The van der Waals surface area contributed by atoms with E-state index in [9.17, 15) is 9.18 Å². The van der Waals surface area contributed by atoms with Crippen LogP contribution >= 0.6 is 12.2 Å². The van der Waals surface area contributed by atoms with Crippen LogP contribution in [0.1, 0.15) is 11.1 Å². The van der Waals surface area contributed by atoms with Gasteiger partial charge in [-0.05, 0) is 30.4 Å². The lowest BCUT2D eigenvalue weighted by Gasteiger charge is -2.19. The van der Waals surface area contributed by atoms with E-state index >= 15 is 0 Å². The van der Waals surface area contributed by atoms with Crippen LogP contribution in [-0.2, 0) is 16.1 Å². The number of carbonyl (C=O) groups is 1. The number of halogens is 1. The van der Waals surface area contributed by atoms with E-state index in [-0.39, 0.29) is 30.1 Å². The first-order valence-corrected chi connectivity index (χ1v) is 5.91. The minimum Gasteiger partial charge on any atom is -0.467 e. The Hall–Kier alpha value is -1.99. The fraction of sp³-hybridized carbons (Fsp3) is 0.167. The highest BCUT2D eigenvalue weighted by Crippen LogP contribution is 2.31. The predicted octanol–water partition coefficient (Wildman–Crippen LogP) is 1.04. The zero-order valence-electron chi connectivity index (χ0n) is 9.66. The third-order valence-electron chi connectivity index (χ3n) is 2.72. The van der Waals surface area contributed by atoms with Crippen molar-refractivity contribution in [2.24, 2.45) is 0 Å². The van der Waals surface area contributed by atoms with Crippen LogP contribution in [0.2, 0.25) is 0 Å². The van der Waals surface area contributed by atoms with Crippen molar-refractivity contribution in [2.75, 3.05) is 6.79 Å². The van der Waals surface area contributed by atoms with Crippen LogP contribution in [0.5, 0.6) is 5.75 Å². The van der Waals surface area contributed by atoms with E-state index < -0.39 is 5.82 Å². The number of benzene rings is 1. The molecule has 3 rings (SSSR count). The fourth-order valence-electron chi connectivity index (χ4n) is 1.95. The molecule has 1 aromatic rings. The molecular formula is C12H9FN2O3S. The Morgan fingerprint density at radius 3 is 2.95 bits per heavy atom. The van der Waals surface area contributed by atoms with Crippen LogP contribution < -0.4 is 15.4 Å². The van der Waals surface area contributed by atoms with Crippen LogP contribution in [0.3, 0.4) is 0 Å². The van der Waals surface area contributed by atoms with Gasteiger partial charge >= 0.3 is 0 Å². The smallest absolute Gasteiger partial charge is 0.273 e. The summed E-state index contributed by atoms with van der Waals surface area (Å²) < 4.78 is 24.0. The first kappa shape index (κ1) is 12.1. The molecule has 1 amide bonds. The number of thiocarbonyl (C=S) groups is 1. The molecule has 0 aromatic heterocycles. The number of hydrogen-bond donors (Lipinski definition) is 2. The highest BCUT2D eigenvalue weighted by Gasteiger charge is 2.22. The van der Waals surface area contributed by atoms with Crippen molar-refractivity contribution in [3.8, 4) is 5.75 Å². The fourth-order valence-corrected chi connectivity index (χ4v) is 2.16. The molecule has 2 N–H and O–H groups in total. The molecule has 1 saturated heterocycles. The van der Waals surface area contributed by atoms with Gasteiger partial charge in [-0.25, -0.2) is 4.39 Å². The molecule has 0 spiro atoms. The number of ether oxygens (including phenoxy) is 2. The zero-order chi connectivity index (χ0) is 13.4. The molecule has 0 unspecified atom stereocenters. The molecule has 0 atom stereocenters. The maximum absolute atomic E-state index is 13.5. The highest BCUT2D eigenvalue weighted by molar-refractivity contribution is 7.80. The van der Waals surface area contributed by atoms with Gasteiger partial charge in [0.15, 0.2) is 11.9 Å². The summed E-state index contributed by atoms with van der Waals surface area (Å²) in [5, 5.41) is 5.36. The molecule has 0 saturated carbocycles. The number of carbonyl (C=O) groups excluding carboxylic acids is 1. The molecule has 19 heavy (non-hydrogen) atoms. The summed E-state index contributed by atoms with van der Waals surface area (Å²) in [6.07, 6.45) is 1.50. The van der Waals surface area contributed by atoms with Crippen LogP contribution in [0.25, 0.3) is 6.08 Å². The normalized spacial score (nSPS) is 19.7. The quantitative estimate of drug-likeness (QED) is 0.594. The Morgan fingerprint density at radius 2 is 2.21 bits per heavy atom. The minimum absolute atomic E-state index is 0.104. The lowest BCUT2D eigenvalue weighted by molar-refractivity contribution is -0.115. The predicted molar refractivity (Wildman–Crippen MR) is 68.5 cm³/mol. The van der Waals surface area contributed by atoms with E-state index in [0.717, 1.165) is 0 Å². The number of rotatable bonds is 1. The standard InChI is InChI=1S/C12H9FN2O3S/c13-8-1-6(3-9-11(16)15-12(19)14-9)10-7(2-8)4-17-5-18-10/h1-3H,4-5H2,(H2,14,15,16,19). The molecule has 0 aliphatic carbocycles. The SMILES string of the molecule is O=C1NC(=S)NC1=Cc1cc(F)cc2c1OCOC2. The van der Waals surface area contributed by atoms with Gasteiger partial charge in [-0.15, -0.1) is 0 Å². The second-order valence-corrected chi connectivity index (χ2v) is 4.47. The first-order valence-electron chi connectivity index (χ1n) is 5.50. The second-order valence-electron chi connectivity index (χ2n) is 4.06. The van der Waals surface area contributed by atoms with Gasteiger partial charge in [0, 0.05) is 11.1 Å². The average molecular weight is 280 g/mol. The van der Waals surface area contributed by atoms with Gasteiger partial charge in [-0.1, -0.05) is 0 Å². The summed E-state index contributed by atoms with van der Waals surface area (Å²) in [4.78, 5) is 11.6. The molecule has 0 bridgehead atoms. The maximum Gasteiger partial charge on any atom is 0.273 e.